The number of aliphatic imine (C=N–C) groups is 1. The van der Waals surface area contributed by atoms with Crippen LogP contribution in [0.1, 0.15) is 0 Å². The summed E-state index contributed by atoms with van der Waals surface area (Å²) >= 11 is 0. The summed E-state index contributed by atoms with van der Waals surface area (Å²) in [6.07, 6.45) is 5.79. The average molecular weight is 167 g/mol. The van der Waals surface area contributed by atoms with Crippen molar-refractivity contribution in [3.05, 3.63) is 36.1 Å². The van der Waals surface area contributed by atoms with Gasteiger partial charge in [-0.2, -0.15) is 0 Å². The number of halogens is 2. The molecule has 0 radical (unpaired) electrons. The van der Waals surface area contributed by atoms with Gasteiger partial charge >= 0.3 is 0 Å². The molecule has 0 saturated carbocycles. The minimum absolute atomic E-state index is 0.0497. The number of fused-ring (bicyclic) bond motifs is 1. The molecule has 1 atom stereocenters. The number of nitrogens with zero attached hydrogens (tertiary/aromatic N) is 1. The van der Waals surface area contributed by atoms with E-state index in [2.05, 4.69) is 4.99 Å². The molecule has 0 aromatic heterocycles. The van der Waals surface area contributed by atoms with E-state index in [0.29, 0.717) is 5.71 Å². The lowest BCUT2D eigenvalue weighted by Gasteiger charge is -2.10. The van der Waals surface area contributed by atoms with Crippen molar-refractivity contribution in [2.45, 2.75) is 6.43 Å². The van der Waals surface area contributed by atoms with E-state index in [4.69, 9.17) is 0 Å². The van der Waals surface area contributed by atoms with Crippen LogP contribution in [0, 0.1) is 5.92 Å². The Labute approximate surface area is 68.8 Å². The predicted octanol–water partition coefficient (Wildman–Crippen LogP) is 2.33. The van der Waals surface area contributed by atoms with E-state index in [1.165, 1.54) is 12.2 Å². The molecule has 0 unspecified atom stereocenters. The van der Waals surface area contributed by atoms with Gasteiger partial charge in [0.25, 0.3) is 6.43 Å². The standard InChI is InChI=1S/C9H7F2N/c10-9(11)7-2-1-6-3-4-12-8(6)5-7/h1-6,9H/t6-/m1/s1. The van der Waals surface area contributed by atoms with Crippen LogP contribution in [0.2, 0.25) is 0 Å². The second-order valence-electron chi connectivity index (χ2n) is 2.73. The Morgan fingerprint density at radius 2 is 2.17 bits per heavy atom. The van der Waals surface area contributed by atoms with Gasteiger partial charge in [0.15, 0.2) is 0 Å². The third kappa shape index (κ3) is 1.11. The van der Waals surface area contributed by atoms with Crippen LogP contribution in [0.3, 0.4) is 0 Å². The number of rotatable bonds is 1. The molecule has 0 aromatic rings. The minimum atomic E-state index is -2.40. The van der Waals surface area contributed by atoms with E-state index in [1.54, 1.807) is 12.3 Å². The molecular formula is C9H7F2N. The molecule has 0 bridgehead atoms. The zero-order valence-electron chi connectivity index (χ0n) is 6.24. The predicted molar refractivity (Wildman–Crippen MR) is 43.3 cm³/mol. The van der Waals surface area contributed by atoms with Crippen molar-refractivity contribution in [1.82, 2.24) is 0 Å². The van der Waals surface area contributed by atoms with Gasteiger partial charge in [0.2, 0.25) is 0 Å². The first-order chi connectivity index (χ1) is 5.77. The number of allylic oxidation sites excluding steroid dienone is 5. The van der Waals surface area contributed by atoms with Gasteiger partial charge in [-0.05, 0) is 6.08 Å². The van der Waals surface area contributed by atoms with E-state index in [9.17, 15) is 8.78 Å². The molecule has 3 heteroatoms. The number of hydrogen-bond donors (Lipinski definition) is 0. The molecule has 62 valence electrons. The summed E-state index contributed by atoms with van der Waals surface area (Å²) in [5.41, 5.74) is 0.765. The van der Waals surface area contributed by atoms with Gasteiger partial charge in [-0.25, -0.2) is 8.78 Å². The lowest BCUT2D eigenvalue weighted by molar-refractivity contribution is 0.194. The first-order valence-corrected chi connectivity index (χ1v) is 3.69. The van der Waals surface area contributed by atoms with Gasteiger partial charge < -0.3 is 0 Å². The highest BCUT2D eigenvalue weighted by Crippen LogP contribution is 2.23. The van der Waals surface area contributed by atoms with Crippen LogP contribution in [0.4, 0.5) is 8.78 Å². The molecule has 0 amide bonds. The summed E-state index contributed by atoms with van der Waals surface area (Å²) in [6, 6.07) is 0. The van der Waals surface area contributed by atoms with Gasteiger partial charge in [-0.15, -0.1) is 0 Å². The summed E-state index contributed by atoms with van der Waals surface area (Å²) in [5, 5.41) is 0. The molecule has 0 fully saturated rings. The molecule has 2 rings (SSSR count). The molecule has 1 aliphatic carbocycles. The van der Waals surface area contributed by atoms with Crippen LogP contribution in [-0.4, -0.2) is 12.1 Å². The lowest BCUT2D eigenvalue weighted by Crippen LogP contribution is -2.10. The molecule has 0 aromatic carbocycles. The maximum atomic E-state index is 12.2. The maximum absolute atomic E-state index is 12.2. The molecule has 12 heavy (non-hydrogen) atoms. The van der Waals surface area contributed by atoms with Gasteiger partial charge in [-0.1, -0.05) is 18.2 Å². The molecule has 2 aliphatic rings. The van der Waals surface area contributed by atoms with Gasteiger partial charge in [0, 0.05) is 17.7 Å². The maximum Gasteiger partial charge on any atom is 0.263 e. The van der Waals surface area contributed by atoms with Crippen LogP contribution in [0.25, 0.3) is 0 Å². The summed E-state index contributed by atoms with van der Waals surface area (Å²) in [4.78, 5) is 3.97. The number of alkyl halides is 2. The quantitative estimate of drug-likeness (QED) is 0.568. The van der Waals surface area contributed by atoms with Crippen molar-refractivity contribution < 1.29 is 8.78 Å². The Bertz CT molecular complexity index is 310. The monoisotopic (exact) mass is 167 g/mol. The van der Waals surface area contributed by atoms with Crippen molar-refractivity contribution in [1.29, 1.82) is 0 Å². The van der Waals surface area contributed by atoms with Crippen LogP contribution in [0.15, 0.2) is 41.1 Å². The van der Waals surface area contributed by atoms with E-state index < -0.39 is 6.43 Å². The number of hydrogen-bond acceptors (Lipinski definition) is 1. The highest BCUT2D eigenvalue weighted by molar-refractivity contribution is 6.03. The normalized spacial score (nSPS) is 25.8. The summed E-state index contributed by atoms with van der Waals surface area (Å²) in [5.74, 6) is 0.118. The van der Waals surface area contributed by atoms with Gasteiger partial charge in [0.05, 0.1) is 5.71 Å². The Morgan fingerprint density at radius 3 is 2.92 bits per heavy atom. The highest BCUT2D eigenvalue weighted by Gasteiger charge is 2.19. The zero-order chi connectivity index (χ0) is 8.55. The SMILES string of the molecule is FC(F)C1=CC2=NC=C[C@H]2C=C1. The van der Waals surface area contributed by atoms with Gasteiger partial charge in [-0.3, -0.25) is 4.99 Å². The average Bonchev–Trinajstić information content (AvgIpc) is 2.49. The summed E-state index contributed by atoms with van der Waals surface area (Å²) < 4.78 is 24.4. The third-order valence-corrected chi connectivity index (χ3v) is 1.92. The highest BCUT2D eigenvalue weighted by atomic mass is 19.3. The molecule has 1 nitrogen and oxygen atoms in total. The van der Waals surface area contributed by atoms with Crippen LogP contribution in [0.5, 0.6) is 0 Å². The minimum Gasteiger partial charge on any atom is -0.261 e. The molecule has 0 saturated heterocycles. The molecule has 1 heterocycles. The van der Waals surface area contributed by atoms with E-state index in [-0.39, 0.29) is 11.5 Å². The molecule has 0 spiro atoms. The van der Waals surface area contributed by atoms with Crippen LogP contribution >= 0.6 is 0 Å². The summed E-state index contributed by atoms with van der Waals surface area (Å²) in [7, 11) is 0. The van der Waals surface area contributed by atoms with Crippen molar-refractivity contribution in [2.75, 3.05) is 0 Å². The van der Waals surface area contributed by atoms with Gasteiger partial charge in [0.1, 0.15) is 0 Å². The Morgan fingerprint density at radius 1 is 1.33 bits per heavy atom. The van der Waals surface area contributed by atoms with E-state index >= 15 is 0 Å². The fraction of sp³-hybridized carbons (Fsp3) is 0.222. The second-order valence-corrected chi connectivity index (χ2v) is 2.73. The Hall–Kier alpha value is -1.25. The van der Waals surface area contributed by atoms with E-state index in [1.807, 2.05) is 6.08 Å². The topological polar surface area (TPSA) is 12.4 Å². The third-order valence-electron chi connectivity index (χ3n) is 1.92. The van der Waals surface area contributed by atoms with Crippen molar-refractivity contribution in [3.63, 3.8) is 0 Å². The van der Waals surface area contributed by atoms with Crippen LogP contribution < -0.4 is 0 Å². The Kier molecular flexibility index (Phi) is 1.64. The van der Waals surface area contributed by atoms with Crippen LogP contribution in [-0.2, 0) is 0 Å². The largest absolute Gasteiger partial charge is 0.263 e. The smallest absolute Gasteiger partial charge is 0.261 e. The van der Waals surface area contributed by atoms with Crippen molar-refractivity contribution >= 4 is 5.71 Å². The second kappa shape index (κ2) is 2.66. The fourth-order valence-electron chi connectivity index (χ4n) is 1.27. The first-order valence-electron chi connectivity index (χ1n) is 3.69. The summed E-state index contributed by atoms with van der Waals surface area (Å²) in [6.45, 7) is 0. The zero-order valence-corrected chi connectivity index (χ0v) is 6.24. The fourth-order valence-corrected chi connectivity index (χ4v) is 1.27. The lowest BCUT2D eigenvalue weighted by atomic mass is 9.96. The molecular weight excluding hydrogens is 160 g/mol. The Balaban J connectivity index is 2.28. The van der Waals surface area contributed by atoms with Crippen molar-refractivity contribution in [2.24, 2.45) is 10.9 Å². The molecule has 1 aliphatic heterocycles. The first kappa shape index (κ1) is 7.40. The molecule has 0 N–H and O–H groups in total. The van der Waals surface area contributed by atoms with E-state index in [0.717, 1.165) is 0 Å². The van der Waals surface area contributed by atoms with Crippen molar-refractivity contribution in [3.8, 4) is 0 Å².